The fraction of sp³-hybridized carbons (Fsp3) is 0.368. The first-order valence-electron chi connectivity index (χ1n) is 8.63. The van der Waals surface area contributed by atoms with Gasteiger partial charge in [0, 0.05) is 11.7 Å². The SMILES string of the molecule is CCCOc1ccc(S(=O)(=O)NC2CCCc3cc(N)ccc32)cc1.Cl. The summed E-state index contributed by atoms with van der Waals surface area (Å²) >= 11 is 0. The molecule has 5 nitrogen and oxygen atoms in total. The number of nitrogens with two attached hydrogens (primary N) is 1. The van der Waals surface area contributed by atoms with E-state index in [0.29, 0.717) is 18.0 Å². The predicted octanol–water partition coefficient (Wildman–Crippen LogP) is 3.84. The molecule has 0 heterocycles. The Labute approximate surface area is 161 Å². The van der Waals surface area contributed by atoms with Crippen LogP contribution >= 0.6 is 12.4 Å². The standard InChI is InChI=1S/C19H24N2O3S.ClH/c1-2-12-24-16-7-9-17(10-8-16)25(22,23)21-19-5-3-4-14-13-15(20)6-11-18(14)19;/h6-11,13,19,21H,2-5,12,20H2,1H3;1H. The lowest BCUT2D eigenvalue weighted by molar-refractivity contribution is 0.317. The molecule has 3 N–H and O–H groups in total. The number of hydrogen-bond acceptors (Lipinski definition) is 4. The topological polar surface area (TPSA) is 81.4 Å². The molecule has 0 spiro atoms. The number of benzene rings is 2. The molecule has 0 bridgehead atoms. The first-order chi connectivity index (χ1) is 12.0. The summed E-state index contributed by atoms with van der Waals surface area (Å²) in [6, 6.07) is 12.0. The molecular weight excluding hydrogens is 372 g/mol. The third kappa shape index (κ3) is 4.69. The smallest absolute Gasteiger partial charge is 0.241 e. The van der Waals surface area contributed by atoms with Gasteiger partial charge in [0.05, 0.1) is 11.5 Å². The second kappa shape index (κ2) is 8.75. The van der Waals surface area contributed by atoms with Crippen LogP contribution in [0, 0.1) is 0 Å². The monoisotopic (exact) mass is 396 g/mol. The lowest BCUT2D eigenvalue weighted by Crippen LogP contribution is -2.31. The van der Waals surface area contributed by atoms with E-state index in [1.807, 2.05) is 25.1 Å². The number of ether oxygens (including phenoxy) is 1. The first kappa shape index (κ1) is 20.6. The maximum Gasteiger partial charge on any atom is 0.241 e. The summed E-state index contributed by atoms with van der Waals surface area (Å²) < 4.78 is 33.8. The van der Waals surface area contributed by atoms with Gasteiger partial charge in [-0.25, -0.2) is 13.1 Å². The van der Waals surface area contributed by atoms with Gasteiger partial charge in [0.2, 0.25) is 10.0 Å². The largest absolute Gasteiger partial charge is 0.494 e. The maximum atomic E-state index is 12.7. The zero-order valence-electron chi connectivity index (χ0n) is 14.8. The van der Waals surface area contributed by atoms with Crippen LogP contribution in [-0.4, -0.2) is 15.0 Å². The summed E-state index contributed by atoms with van der Waals surface area (Å²) in [5.74, 6) is 0.680. The molecule has 0 amide bonds. The number of hydrogen-bond donors (Lipinski definition) is 2. The van der Waals surface area contributed by atoms with Crippen molar-refractivity contribution in [3.63, 3.8) is 0 Å². The van der Waals surface area contributed by atoms with Gasteiger partial charge < -0.3 is 10.5 Å². The fourth-order valence-corrected chi connectivity index (χ4v) is 4.40. The maximum absolute atomic E-state index is 12.7. The number of aryl methyl sites for hydroxylation is 1. The molecule has 1 aliphatic rings. The van der Waals surface area contributed by atoms with Crippen LogP contribution in [0.4, 0.5) is 5.69 Å². The molecule has 0 aromatic heterocycles. The van der Waals surface area contributed by atoms with Crippen molar-refractivity contribution in [2.24, 2.45) is 0 Å². The second-order valence-electron chi connectivity index (χ2n) is 6.34. The Morgan fingerprint density at radius 3 is 2.62 bits per heavy atom. The number of sulfonamides is 1. The summed E-state index contributed by atoms with van der Waals surface area (Å²) in [7, 11) is -3.59. The van der Waals surface area contributed by atoms with Crippen LogP contribution < -0.4 is 15.2 Å². The number of anilines is 1. The van der Waals surface area contributed by atoms with Gasteiger partial charge in [-0.15, -0.1) is 12.4 Å². The molecule has 2 aromatic rings. The Morgan fingerprint density at radius 1 is 1.19 bits per heavy atom. The second-order valence-corrected chi connectivity index (χ2v) is 8.06. The van der Waals surface area contributed by atoms with E-state index >= 15 is 0 Å². The van der Waals surface area contributed by atoms with Crippen LogP contribution in [0.3, 0.4) is 0 Å². The summed E-state index contributed by atoms with van der Waals surface area (Å²) in [5.41, 5.74) is 8.70. The number of fused-ring (bicyclic) bond motifs is 1. The quantitative estimate of drug-likeness (QED) is 0.727. The molecule has 1 atom stereocenters. The third-order valence-electron chi connectivity index (χ3n) is 4.39. The predicted molar refractivity (Wildman–Crippen MR) is 106 cm³/mol. The molecule has 0 saturated heterocycles. The van der Waals surface area contributed by atoms with E-state index in [1.54, 1.807) is 24.3 Å². The lowest BCUT2D eigenvalue weighted by Gasteiger charge is -2.26. The molecule has 0 radical (unpaired) electrons. The fourth-order valence-electron chi connectivity index (χ4n) is 3.15. The van der Waals surface area contributed by atoms with E-state index in [9.17, 15) is 8.42 Å². The van der Waals surface area contributed by atoms with Crippen LogP contribution in [0.15, 0.2) is 47.4 Å². The molecule has 1 unspecified atom stereocenters. The summed E-state index contributed by atoms with van der Waals surface area (Å²) in [6.45, 7) is 2.64. The van der Waals surface area contributed by atoms with Crippen LogP contribution in [0.5, 0.6) is 5.75 Å². The molecule has 3 rings (SSSR count). The minimum absolute atomic E-state index is 0. The van der Waals surface area contributed by atoms with Crippen molar-refractivity contribution >= 4 is 28.1 Å². The van der Waals surface area contributed by atoms with Gasteiger partial charge in [0.25, 0.3) is 0 Å². The average Bonchev–Trinajstić information content (AvgIpc) is 2.60. The Balaban J connectivity index is 0.00000243. The average molecular weight is 397 g/mol. The van der Waals surface area contributed by atoms with E-state index in [1.165, 1.54) is 0 Å². The van der Waals surface area contributed by atoms with Gasteiger partial charge in [-0.2, -0.15) is 0 Å². The number of halogens is 1. The molecule has 0 saturated carbocycles. The molecule has 2 aromatic carbocycles. The van der Waals surface area contributed by atoms with Crippen molar-refractivity contribution in [2.75, 3.05) is 12.3 Å². The molecular formula is C19H25ClN2O3S. The van der Waals surface area contributed by atoms with E-state index < -0.39 is 10.0 Å². The highest BCUT2D eigenvalue weighted by molar-refractivity contribution is 7.89. The van der Waals surface area contributed by atoms with Crippen molar-refractivity contribution in [3.05, 3.63) is 53.6 Å². The van der Waals surface area contributed by atoms with Gasteiger partial charge in [-0.1, -0.05) is 13.0 Å². The van der Waals surface area contributed by atoms with Gasteiger partial charge >= 0.3 is 0 Å². The minimum atomic E-state index is -3.59. The van der Waals surface area contributed by atoms with E-state index in [2.05, 4.69) is 4.72 Å². The molecule has 7 heteroatoms. The van der Waals surface area contributed by atoms with Crippen molar-refractivity contribution in [2.45, 2.75) is 43.5 Å². The van der Waals surface area contributed by atoms with Crippen LogP contribution in [0.25, 0.3) is 0 Å². The van der Waals surface area contributed by atoms with E-state index in [-0.39, 0.29) is 23.3 Å². The Hall–Kier alpha value is -1.76. The number of rotatable bonds is 6. The van der Waals surface area contributed by atoms with Gasteiger partial charge in [0.1, 0.15) is 5.75 Å². The lowest BCUT2D eigenvalue weighted by atomic mass is 9.88. The summed E-state index contributed by atoms with van der Waals surface area (Å²) in [6.07, 6.45) is 3.57. The van der Waals surface area contributed by atoms with Crippen molar-refractivity contribution in [3.8, 4) is 5.75 Å². The molecule has 142 valence electrons. The number of nitrogen functional groups attached to an aromatic ring is 1. The molecule has 1 aliphatic carbocycles. The van der Waals surface area contributed by atoms with Crippen LogP contribution in [0.1, 0.15) is 43.4 Å². The zero-order valence-corrected chi connectivity index (χ0v) is 16.4. The summed E-state index contributed by atoms with van der Waals surface area (Å²) in [5, 5.41) is 0. The van der Waals surface area contributed by atoms with Gasteiger partial charge in [-0.3, -0.25) is 0 Å². The third-order valence-corrected chi connectivity index (χ3v) is 5.87. The van der Waals surface area contributed by atoms with Crippen LogP contribution in [0.2, 0.25) is 0 Å². The molecule has 0 aliphatic heterocycles. The Bertz CT molecular complexity index is 838. The molecule has 26 heavy (non-hydrogen) atoms. The van der Waals surface area contributed by atoms with Gasteiger partial charge in [0.15, 0.2) is 0 Å². The minimum Gasteiger partial charge on any atom is -0.494 e. The normalized spacial score (nSPS) is 16.4. The molecule has 0 fully saturated rings. The van der Waals surface area contributed by atoms with E-state index in [4.69, 9.17) is 10.5 Å². The Morgan fingerprint density at radius 2 is 1.92 bits per heavy atom. The highest BCUT2D eigenvalue weighted by atomic mass is 35.5. The number of nitrogens with one attached hydrogen (secondary N) is 1. The highest BCUT2D eigenvalue weighted by Gasteiger charge is 2.25. The van der Waals surface area contributed by atoms with Crippen molar-refractivity contribution in [1.82, 2.24) is 4.72 Å². The van der Waals surface area contributed by atoms with Crippen LogP contribution in [-0.2, 0) is 16.4 Å². The Kier molecular flexibility index (Phi) is 6.92. The summed E-state index contributed by atoms with van der Waals surface area (Å²) in [4.78, 5) is 0.249. The highest BCUT2D eigenvalue weighted by Crippen LogP contribution is 2.32. The first-order valence-corrected chi connectivity index (χ1v) is 10.1. The van der Waals surface area contributed by atoms with Gasteiger partial charge in [-0.05, 0) is 73.2 Å². The zero-order chi connectivity index (χ0) is 17.9. The van der Waals surface area contributed by atoms with E-state index in [0.717, 1.165) is 36.8 Å². The van der Waals surface area contributed by atoms with Crippen molar-refractivity contribution < 1.29 is 13.2 Å². The van der Waals surface area contributed by atoms with Crippen molar-refractivity contribution in [1.29, 1.82) is 0 Å².